The molecule has 0 saturated heterocycles. The van der Waals surface area contributed by atoms with Crippen molar-refractivity contribution in [2.45, 2.75) is 0 Å². The van der Waals surface area contributed by atoms with Gasteiger partial charge in [0.25, 0.3) is 0 Å². The van der Waals surface area contributed by atoms with Crippen molar-refractivity contribution in [3.63, 3.8) is 0 Å². The third-order valence-corrected chi connectivity index (χ3v) is 2.23. The molecular weight excluding hydrogens is 210 g/mol. The summed E-state index contributed by atoms with van der Waals surface area (Å²) in [5.74, 6) is -2.63. The van der Waals surface area contributed by atoms with Crippen molar-refractivity contribution in [2.75, 3.05) is 0 Å². The van der Waals surface area contributed by atoms with Crippen LogP contribution in [0.4, 0.5) is 8.78 Å². The minimum atomic E-state index is -1.10. The van der Waals surface area contributed by atoms with Gasteiger partial charge < -0.3 is 0 Å². The van der Waals surface area contributed by atoms with E-state index in [1.807, 2.05) is 0 Å². The molecule has 1 nitrogen and oxygen atoms in total. The van der Waals surface area contributed by atoms with Gasteiger partial charge in [-0.2, -0.15) is 0 Å². The summed E-state index contributed by atoms with van der Waals surface area (Å²) in [5, 5.41) is 0. The van der Waals surface area contributed by atoms with Crippen LogP contribution in [0, 0.1) is 11.6 Å². The summed E-state index contributed by atoms with van der Waals surface area (Å²) >= 11 is 0. The second-order valence-electron chi connectivity index (χ2n) is 3.30. The maximum atomic E-state index is 13.3. The quantitative estimate of drug-likeness (QED) is 0.707. The Hall–Kier alpha value is -2.03. The molecule has 2 aromatic rings. The van der Waals surface area contributed by atoms with Gasteiger partial charge in [-0.3, -0.25) is 4.79 Å². The zero-order valence-corrected chi connectivity index (χ0v) is 8.28. The van der Waals surface area contributed by atoms with Crippen LogP contribution in [0.15, 0.2) is 48.5 Å². The number of hydrogen-bond donors (Lipinski definition) is 0. The number of hydrogen-bond acceptors (Lipinski definition) is 1. The van der Waals surface area contributed by atoms with Gasteiger partial charge in [0.15, 0.2) is 17.4 Å². The fourth-order valence-corrected chi connectivity index (χ4v) is 1.42. The molecule has 0 radical (unpaired) electrons. The lowest BCUT2D eigenvalue weighted by atomic mass is 10.0. The summed E-state index contributed by atoms with van der Waals surface area (Å²) in [6.07, 6.45) is 0. The first kappa shape index (κ1) is 10.5. The van der Waals surface area contributed by atoms with Crippen molar-refractivity contribution in [1.29, 1.82) is 0 Å². The molecule has 0 N–H and O–H groups in total. The zero-order chi connectivity index (χ0) is 11.5. The highest BCUT2D eigenvalue weighted by Crippen LogP contribution is 2.15. The predicted octanol–water partition coefficient (Wildman–Crippen LogP) is 3.20. The number of carbonyl (C=O) groups excluding carboxylic acids is 1. The van der Waals surface area contributed by atoms with Crippen LogP contribution in [0.3, 0.4) is 0 Å². The minimum Gasteiger partial charge on any atom is -0.288 e. The molecule has 3 heteroatoms. The average Bonchev–Trinajstić information content (AvgIpc) is 2.33. The Labute approximate surface area is 91.3 Å². The fourth-order valence-electron chi connectivity index (χ4n) is 1.42. The number of benzene rings is 2. The van der Waals surface area contributed by atoms with E-state index < -0.39 is 17.4 Å². The second-order valence-corrected chi connectivity index (χ2v) is 3.30. The van der Waals surface area contributed by atoms with E-state index in [1.54, 1.807) is 30.3 Å². The van der Waals surface area contributed by atoms with Crippen LogP contribution in [0.1, 0.15) is 15.9 Å². The highest BCUT2D eigenvalue weighted by Gasteiger charge is 2.15. The molecule has 0 amide bonds. The first-order valence-corrected chi connectivity index (χ1v) is 4.74. The molecule has 0 atom stereocenters. The first-order chi connectivity index (χ1) is 7.70. The molecule has 0 unspecified atom stereocenters. The summed E-state index contributed by atoms with van der Waals surface area (Å²) in [6.45, 7) is 0. The fraction of sp³-hybridized carbons (Fsp3) is 0. The smallest absolute Gasteiger partial charge is 0.196 e. The van der Waals surface area contributed by atoms with Crippen LogP contribution in [-0.2, 0) is 0 Å². The molecule has 16 heavy (non-hydrogen) atoms. The van der Waals surface area contributed by atoms with Crippen molar-refractivity contribution in [3.8, 4) is 0 Å². The topological polar surface area (TPSA) is 17.1 Å². The predicted molar refractivity (Wildman–Crippen MR) is 56.2 cm³/mol. The molecule has 80 valence electrons. The highest BCUT2D eigenvalue weighted by atomic mass is 19.2. The van der Waals surface area contributed by atoms with Crippen LogP contribution in [-0.4, -0.2) is 5.78 Å². The molecule has 0 aromatic heterocycles. The lowest BCUT2D eigenvalue weighted by Gasteiger charge is -2.02. The van der Waals surface area contributed by atoms with Crippen molar-refractivity contribution in [1.82, 2.24) is 0 Å². The normalized spacial score (nSPS) is 10.1. The van der Waals surface area contributed by atoms with E-state index in [0.717, 1.165) is 6.07 Å². The van der Waals surface area contributed by atoms with Gasteiger partial charge in [-0.05, 0) is 12.1 Å². The standard InChI is InChI=1S/C13H8F2O/c14-11-8-4-7-10(12(11)15)13(16)9-5-2-1-3-6-9/h1-8H. The van der Waals surface area contributed by atoms with E-state index in [2.05, 4.69) is 0 Å². The van der Waals surface area contributed by atoms with E-state index in [9.17, 15) is 13.6 Å². The molecule has 0 spiro atoms. The van der Waals surface area contributed by atoms with Gasteiger partial charge in [0.1, 0.15) is 0 Å². The summed E-state index contributed by atoms with van der Waals surface area (Å²) < 4.78 is 26.3. The Bertz CT molecular complexity index is 521. The van der Waals surface area contributed by atoms with Crippen LogP contribution in [0.5, 0.6) is 0 Å². The third-order valence-electron chi connectivity index (χ3n) is 2.23. The lowest BCUT2D eigenvalue weighted by Crippen LogP contribution is -2.05. The van der Waals surface area contributed by atoms with Gasteiger partial charge in [0, 0.05) is 5.56 Å². The van der Waals surface area contributed by atoms with E-state index in [0.29, 0.717) is 5.56 Å². The largest absolute Gasteiger partial charge is 0.288 e. The molecule has 2 aromatic carbocycles. The molecule has 0 fully saturated rings. The lowest BCUT2D eigenvalue weighted by molar-refractivity contribution is 0.103. The SMILES string of the molecule is O=C(c1ccccc1)c1cccc(F)c1F. The second kappa shape index (κ2) is 4.23. The number of rotatable bonds is 2. The van der Waals surface area contributed by atoms with E-state index in [1.165, 1.54) is 12.1 Å². The third kappa shape index (κ3) is 1.84. The first-order valence-electron chi connectivity index (χ1n) is 4.74. The summed E-state index contributed by atoms with van der Waals surface area (Å²) in [7, 11) is 0. The monoisotopic (exact) mass is 218 g/mol. The van der Waals surface area contributed by atoms with Gasteiger partial charge in [-0.15, -0.1) is 0 Å². The average molecular weight is 218 g/mol. The number of carbonyl (C=O) groups is 1. The van der Waals surface area contributed by atoms with Gasteiger partial charge in [-0.25, -0.2) is 8.78 Å². The Morgan fingerprint density at radius 1 is 0.875 bits per heavy atom. The van der Waals surface area contributed by atoms with Crippen LogP contribution < -0.4 is 0 Å². The maximum Gasteiger partial charge on any atom is 0.196 e. The number of ketones is 1. The van der Waals surface area contributed by atoms with Crippen molar-refractivity contribution >= 4 is 5.78 Å². The van der Waals surface area contributed by atoms with Gasteiger partial charge in [-0.1, -0.05) is 36.4 Å². The van der Waals surface area contributed by atoms with Crippen LogP contribution in [0.25, 0.3) is 0 Å². The van der Waals surface area contributed by atoms with Crippen molar-refractivity contribution < 1.29 is 13.6 Å². The van der Waals surface area contributed by atoms with Crippen molar-refractivity contribution in [2.24, 2.45) is 0 Å². The Morgan fingerprint density at radius 2 is 1.56 bits per heavy atom. The zero-order valence-electron chi connectivity index (χ0n) is 8.28. The highest BCUT2D eigenvalue weighted by molar-refractivity contribution is 6.09. The molecule has 0 heterocycles. The summed E-state index contributed by atoms with van der Waals surface area (Å²) in [5.41, 5.74) is 0.0956. The minimum absolute atomic E-state index is 0.244. The Morgan fingerprint density at radius 3 is 2.25 bits per heavy atom. The molecular formula is C13H8F2O. The molecule has 0 aliphatic heterocycles. The summed E-state index contributed by atoms with van der Waals surface area (Å²) in [4.78, 5) is 11.8. The van der Waals surface area contributed by atoms with Gasteiger partial charge in [0.05, 0.1) is 5.56 Å². The molecule has 0 aliphatic carbocycles. The summed E-state index contributed by atoms with van der Waals surface area (Å²) in [6, 6.07) is 11.8. The van der Waals surface area contributed by atoms with Crippen molar-refractivity contribution in [3.05, 3.63) is 71.3 Å². The molecule has 0 aliphatic rings. The molecule has 2 rings (SSSR count). The van der Waals surface area contributed by atoms with E-state index in [-0.39, 0.29) is 5.56 Å². The van der Waals surface area contributed by atoms with E-state index in [4.69, 9.17) is 0 Å². The Balaban J connectivity index is 2.46. The number of halogens is 2. The van der Waals surface area contributed by atoms with Crippen LogP contribution >= 0.6 is 0 Å². The van der Waals surface area contributed by atoms with Crippen LogP contribution in [0.2, 0.25) is 0 Å². The van der Waals surface area contributed by atoms with E-state index >= 15 is 0 Å². The molecule has 0 bridgehead atoms. The van der Waals surface area contributed by atoms with Gasteiger partial charge in [0.2, 0.25) is 0 Å². The Kier molecular flexibility index (Phi) is 2.77. The molecule has 0 saturated carbocycles. The maximum absolute atomic E-state index is 13.3. The van der Waals surface area contributed by atoms with Gasteiger partial charge >= 0.3 is 0 Å².